The van der Waals surface area contributed by atoms with E-state index in [-0.39, 0.29) is 23.8 Å². The predicted molar refractivity (Wildman–Crippen MR) is 135 cm³/mol. The van der Waals surface area contributed by atoms with Crippen LogP contribution in [0.15, 0.2) is 30.3 Å². The number of nitriles is 1. The first kappa shape index (κ1) is 25.2. The molecule has 4 rings (SSSR count). The zero-order valence-corrected chi connectivity index (χ0v) is 21.5. The normalized spacial score (nSPS) is 19.0. The smallest absolute Gasteiger partial charge is 0.410 e. The van der Waals surface area contributed by atoms with Gasteiger partial charge >= 0.3 is 6.09 Å². The van der Waals surface area contributed by atoms with Gasteiger partial charge in [-0.2, -0.15) is 5.26 Å². The molecular formula is C26H33ClN6O2. The third-order valence-electron chi connectivity index (χ3n) is 6.30. The van der Waals surface area contributed by atoms with Crippen LogP contribution < -0.4 is 4.90 Å². The molecule has 1 amide bonds. The van der Waals surface area contributed by atoms with Gasteiger partial charge in [0.2, 0.25) is 5.28 Å². The molecule has 0 spiro atoms. The number of aromatic nitrogens is 2. The number of halogens is 1. The van der Waals surface area contributed by atoms with Crippen LogP contribution >= 0.6 is 11.6 Å². The average Bonchev–Trinajstić information content (AvgIpc) is 2.99. The molecule has 0 aliphatic carbocycles. The molecule has 0 saturated carbocycles. The maximum absolute atomic E-state index is 12.8. The van der Waals surface area contributed by atoms with Crippen molar-refractivity contribution in [3.63, 3.8) is 0 Å². The molecule has 9 heteroatoms. The van der Waals surface area contributed by atoms with Gasteiger partial charge in [-0.15, -0.1) is 0 Å². The number of amides is 1. The van der Waals surface area contributed by atoms with Gasteiger partial charge in [-0.25, -0.2) is 14.8 Å². The Morgan fingerprint density at radius 2 is 1.97 bits per heavy atom. The lowest BCUT2D eigenvalue weighted by Crippen LogP contribution is -2.56. The fraction of sp³-hybridized carbons (Fsp3) is 0.538. The first-order chi connectivity index (χ1) is 16.7. The van der Waals surface area contributed by atoms with Crippen molar-refractivity contribution in [1.29, 1.82) is 5.26 Å². The largest absolute Gasteiger partial charge is 0.444 e. The van der Waals surface area contributed by atoms with Gasteiger partial charge in [-0.05, 0) is 57.3 Å². The van der Waals surface area contributed by atoms with Crippen molar-refractivity contribution >= 4 is 23.5 Å². The van der Waals surface area contributed by atoms with E-state index < -0.39 is 5.60 Å². The van der Waals surface area contributed by atoms with E-state index in [1.54, 1.807) is 4.90 Å². The molecule has 1 unspecified atom stereocenters. The lowest BCUT2D eigenvalue weighted by molar-refractivity contribution is 0.0145. The summed E-state index contributed by atoms with van der Waals surface area (Å²) in [6, 6.07) is 12.4. The maximum Gasteiger partial charge on any atom is 0.410 e. The van der Waals surface area contributed by atoms with E-state index in [0.29, 0.717) is 26.2 Å². The molecule has 1 aromatic carbocycles. The van der Waals surface area contributed by atoms with Gasteiger partial charge < -0.3 is 14.5 Å². The number of hydrogen-bond acceptors (Lipinski definition) is 7. The van der Waals surface area contributed by atoms with Gasteiger partial charge in [0.05, 0.1) is 24.2 Å². The molecule has 186 valence electrons. The van der Waals surface area contributed by atoms with Crippen LogP contribution in [0.2, 0.25) is 5.28 Å². The van der Waals surface area contributed by atoms with Crippen molar-refractivity contribution in [1.82, 2.24) is 19.8 Å². The first-order valence-corrected chi connectivity index (χ1v) is 12.5. The Labute approximate surface area is 212 Å². The molecule has 0 N–H and O–H groups in total. The van der Waals surface area contributed by atoms with Gasteiger partial charge in [0, 0.05) is 38.3 Å². The Morgan fingerprint density at radius 1 is 1.20 bits per heavy atom. The molecule has 1 atom stereocenters. The predicted octanol–water partition coefficient (Wildman–Crippen LogP) is 4.42. The minimum absolute atomic E-state index is 0.224. The number of carbonyl (C=O) groups excluding carboxylic acids is 1. The zero-order valence-electron chi connectivity index (χ0n) is 20.7. The highest BCUT2D eigenvalue weighted by atomic mass is 35.5. The Kier molecular flexibility index (Phi) is 7.78. The van der Waals surface area contributed by atoms with E-state index >= 15 is 0 Å². The molecule has 1 aromatic heterocycles. The Bertz CT molecular complexity index is 1080. The number of fused-ring (bicyclic) bond motifs is 1. The minimum atomic E-state index is -0.589. The number of anilines is 1. The van der Waals surface area contributed by atoms with Crippen LogP contribution in [-0.4, -0.2) is 63.7 Å². The van der Waals surface area contributed by atoms with Crippen molar-refractivity contribution in [3.8, 4) is 6.07 Å². The highest BCUT2D eigenvalue weighted by molar-refractivity contribution is 6.28. The van der Waals surface area contributed by atoms with Gasteiger partial charge in [-0.1, -0.05) is 30.3 Å². The van der Waals surface area contributed by atoms with E-state index in [0.717, 1.165) is 43.0 Å². The summed E-state index contributed by atoms with van der Waals surface area (Å²) in [7, 11) is 0. The van der Waals surface area contributed by atoms with Gasteiger partial charge in [-0.3, -0.25) is 4.90 Å². The van der Waals surface area contributed by atoms with Gasteiger partial charge in [0.1, 0.15) is 11.4 Å². The molecule has 2 aliphatic heterocycles. The summed E-state index contributed by atoms with van der Waals surface area (Å²) in [5.41, 5.74) is 2.76. The average molecular weight is 497 g/mol. The molecule has 0 bridgehead atoms. The van der Waals surface area contributed by atoms with Gasteiger partial charge in [0.25, 0.3) is 0 Å². The number of benzene rings is 1. The van der Waals surface area contributed by atoms with E-state index in [4.69, 9.17) is 16.3 Å². The first-order valence-electron chi connectivity index (χ1n) is 12.2. The van der Waals surface area contributed by atoms with E-state index in [9.17, 15) is 10.1 Å². The van der Waals surface area contributed by atoms with E-state index in [2.05, 4.69) is 50.1 Å². The summed E-state index contributed by atoms with van der Waals surface area (Å²) in [6.45, 7) is 9.62. The quantitative estimate of drug-likeness (QED) is 0.579. The Morgan fingerprint density at radius 3 is 2.69 bits per heavy atom. The van der Waals surface area contributed by atoms with Crippen molar-refractivity contribution < 1.29 is 9.53 Å². The maximum atomic E-state index is 12.8. The molecule has 3 heterocycles. The second-order valence-electron chi connectivity index (χ2n) is 10.2. The van der Waals surface area contributed by atoms with E-state index in [1.807, 2.05) is 26.8 Å². The topological polar surface area (TPSA) is 85.6 Å². The monoisotopic (exact) mass is 496 g/mol. The molecule has 1 saturated heterocycles. The van der Waals surface area contributed by atoms with Gasteiger partial charge in [0.15, 0.2) is 0 Å². The fourth-order valence-electron chi connectivity index (χ4n) is 4.77. The van der Waals surface area contributed by atoms with Crippen LogP contribution in [0.3, 0.4) is 0 Å². The number of hydrogen-bond donors (Lipinski definition) is 0. The lowest BCUT2D eigenvalue weighted by Gasteiger charge is -2.42. The fourth-order valence-corrected chi connectivity index (χ4v) is 4.95. The summed E-state index contributed by atoms with van der Waals surface area (Å²) in [6.07, 6.45) is 1.70. The zero-order chi connectivity index (χ0) is 25.0. The second-order valence-corrected chi connectivity index (χ2v) is 10.5. The molecule has 1 fully saturated rings. The molecule has 0 radical (unpaired) electrons. The number of nitrogens with zero attached hydrogens (tertiary/aromatic N) is 6. The number of ether oxygens (including phenoxy) is 1. The number of piperazine rings is 1. The summed E-state index contributed by atoms with van der Waals surface area (Å²) in [5.74, 6) is 0.827. The standard InChI is InChI=1S/C26H33ClN6O2/c1-26(2,3)35-25(34)33-15-14-32(17-20(33)11-12-28)23-21-10-7-13-31(16-19-8-5-4-6-9-19)18-22(21)29-24(27)30-23/h4-6,8-9,20H,7,10-11,13-18H2,1-3H3. The third kappa shape index (κ3) is 6.41. The summed E-state index contributed by atoms with van der Waals surface area (Å²) < 4.78 is 5.59. The SMILES string of the molecule is CC(C)(C)OC(=O)N1CCN(c2nc(Cl)nc3c2CCCN(Cc2ccccc2)C3)CC1CC#N. The van der Waals surface area contributed by atoms with E-state index in [1.165, 1.54) is 5.56 Å². The molecule has 35 heavy (non-hydrogen) atoms. The van der Waals surface area contributed by atoms with Crippen molar-refractivity contribution in [3.05, 3.63) is 52.4 Å². The van der Waals surface area contributed by atoms with Crippen LogP contribution in [0.4, 0.5) is 10.6 Å². The Balaban J connectivity index is 1.55. The molecule has 2 aromatic rings. The minimum Gasteiger partial charge on any atom is -0.444 e. The number of rotatable bonds is 4. The van der Waals surface area contributed by atoms with Crippen LogP contribution in [0.5, 0.6) is 0 Å². The highest BCUT2D eigenvalue weighted by Crippen LogP contribution is 2.30. The lowest BCUT2D eigenvalue weighted by atomic mass is 10.1. The highest BCUT2D eigenvalue weighted by Gasteiger charge is 2.35. The second kappa shape index (κ2) is 10.8. The van der Waals surface area contributed by atoms with Crippen molar-refractivity contribution in [2.24, 2.45) is 0 Å². The number of carbonyl (C=O) groups is 1. The molecule has 8 nitrogen and oxygen atoms in total. The van der Waals surface area contributed by atoms with Crippen molar-refractivity contribution in [2.75, 3.05) is 31.1 Å². The molecular weight excluding hydrogens is 464 g/mol. The Hall–Kier alpha value is -2.89. The van der Waals surface area contributed by atoms with Crippen LogP contribution in [0.1, 0.15) is 50.4 Å². The third-order valence-corrected chi connectivity index (χ3v) is 6.47. The van der Waals surface area contributed by atoms with Crippen LogP contribution in [0.25, 0.3) is 0 Å². The van der Waals surface area contributed by atoms with Crippen LogP contribution in [-0.2, 0) is 24.2 Å². The van der Waals surface area contributed by atoms with Crippen molar-refractivity contribution in [2.45, 2.75) is 64.8 Å². The summed E-state index contributed by atoms with van der Waals surface area (Å²) in [4.78, 5) is 28.2. The summed E-state index contributed by atoms with van der Waals surface area (Å²) >= 11 is 6.41. The summed E-state index contributed by atoms with van der Waals surface area (Å²) in [5, 5.41) is 9.66. The van der Waals surface area contributed by atoms with Crippen LogP contribution in [0, 0.1) is 11.3 Å². The molecule has 2 aliphatic rings.